The summed E-state index contributed by atoms with van der Waals surface area (Å²) in [6, 6.07) is 6.95. The molecule has 1 aliphatic carbocycles. The molecule has 94 valence electrons. The zero-order chi connectivity index (χ0) is 12.5. The van der Waals surface area contributed by atoms with Crippen LogP contribution in [0.3, 0.4) is 0 Å². The zero-order valence-corrected chi connectivity index (χ0v) is 10.3. The molecule has 0 saturated heterocycles. The van der Waals surface area contributed by atoms with E-state index in [1.165, 1.54) is 6.07 Å². The molecular weight excluding hydrogens is 229 g/mol. The first-order valence-electron chi connectivity index (χ1n) is 6.33. The van der Waals surface area contributed by atoms with Gasteiger partial charge in [-0.25, -0.2) is 4.39 Å². The average Bonchev–Trinajstić information content (AvgIpc) is 3.17. The fourth-order valence-corrected chi connectivity index (χ4v) is 2.02. The van der Waals surface area contributed by atoms with E-state index in [0.717, 1.165) is 18.6 Å². The predicted octanol–water partition coefficient (Wildman–Crippen LogP) is 3.61. The van der Waals surface area contributed by atoms with Gasteiger partial charge in [0.05, 0.1) is 11.8 Å². The molecule has 1 saturated carbocycles. The first-order valence-corrected chi connectivity index (χ1v) is 6.33. The van der Waals surface area contributed by atoms with Gasteiger partial charge in [-0.05, 0) is 38.0 Å². The monoisotopic (exact) mass is 245 g/mol. The van der Waals surface area contributed by atoms with Crippen molar-refractivity contribution < 1.29 is 9.13 Å². The Balaban J connectivity index is 1.87. The molecule has 1 fully saturated rings. The van der Waals surface area contributed by atoms with Gasteiger partial charge in [-0.3, -0.25) is 0 Å². The van der Waals surface area contributed by atoms with E-state index in [0.29, 0.717) is 11.8 Å². The maximum atomic E-state index is 13.8. The number of allylic oxidation sites excluding steroid dienone is 1. The minimum atomic E-state index is -0.207. The molecule has 1 atom stereocenters. The number of benzene rings is 1. The molecule has 0 bridgehead atoms. The van der Waals surface area contributed by atoms with Gasteiger partial charge < -0.3 is 9.64 Å². The summed E-state index contributed by atoms with van der Waals surface area (Å²) in [5, 5.41) is 0. The minimum absolute atomic E-state index is 0.133. The summed E-state index contributed by atoms with van der Waals surface area (Å²) >= 11 is 0. The first kappa shape index (κ1) is 11.3. The van der Waals surface area contributed by atoms with Gasteiger partial charge in [0.25, 0.3) is 0 Å². The molecule has 3 rings (SSSR count). The van der Waals surface area contributed by atoms with E-state index in [1.54, 1.807) is 12.1 Å². The molecule has 0 aromatic heterocycles. The van der Waals surface area contributed by atoms with Gasteiger partial charge in [-0.2, -0.15) is 0 Å². The van der Waals surface area contributed by atoms with Gasteiger partial charge in [-0.15, -0.1) is 0 Å². The van der Waals surface area contributed by atoms with Crippen molar-refractivity contribution >= 4 is 5.69 Å². The highest BCUT2D eigenvalue weighted by Crippen LogP contribution is 2.30. The molecule has 2 nitrogen and oxygen atoms in total. The highest BCUT2D eigenvalue weighted by molar-refractivity contribution is 5.54. The van der Waals surface area contributed by atoms with Gasteiger partial charge in [0.2, 0.25) is 0 Å². The Kier molecular flexibility index (Phi) is 2.82. The summed E-state index contributed by atoms with van der Waals surface area (Å²) in [6.07, 6.45) is 8.50. The number of anilines is 1. The number of para-hydroxylation sites is 1. The zero-order valence-electron chi connectivity index (χ0n) is 10.3. The van der Waals surface area contributed by atoms with Crippen molar-refractivity contribution in [3.63, 3.8) is 0 Å². The molecule has 2 aliphatic rings. The van der Waals surface area contributed by atoms with E-state index in [1.807, 2.05) is 36.2 Å². The lowest BCUT2D eigenvalue weighted by Gasteiger charge is -2.29. The van der Waals surface area contributed by atoms with E-state index >= 15 is 0 Å². The summed E-state index contributed by atoms with van der Waals surface area (Å²) < 4.78 is 19.6. The quantitative estimate of drug-likeness (QED) is 0.806. The maximum Gasteiger partial charge on any atom is 0.146 e. The Labute approximate surface area is 106 Å². The predicted molar refractivity (Wildman–Crippen MR) is 69.7 cm³/mol. The van der Waals surface area contributed by atoms with Crippen LogP contribution in [0.15, 0.2) is 48.4 Å². The number of nitrogens with zero attached hydrogens (tertiary/aromatic N) is 1. The number of hydrogen-bond donors (Lipinski definition) is 0. The van der Waals surface area contributed by atoms with Crippen molar-refractivity contribution in [3.8, 4) is 0 Å². The molecule has 1 aromatic rings. The first-order chi connectivity index (χ1) is 8.74. The van der Waals surface area contributed by atoms with Gasteiger partial charge >= 0.3 is 0 Å². The fourth-order valence-electron chi connectivity index (χ4n) is 2.02. The van der Waals surface area contributed by atoms with Crippen molar-refractivity contribution in [2.45, 2.75) is 31.9 Å². The van der Waals surface area contributed by atoms with Crippen molar-refractivity contribution in [1.82, 2.24) is 0 Å². The third-order valence-electron chi connectivity index (χ3n) is 3.20. The van der Waals surface area contributed by atoms with E-state index in [2.05, 4.69) is 0 Å². The number of ether oxygens (including phenoxy) is 1. The largest absolute Gasteiger partial charge is 0.489 e. The molecule has 1 aromatic carbocycles. The number of halogens is 1. The van der Waals surface area contributed by atoms with E-state index < -0.39 is 0 Å². The van der Waals surface area contributed by atoms with E-state index in [-0.39, 0.29) is 11.9 Å². The molecule has 0 amide bonds. The van der Waals surface area contributed by atoms with Gasteiger partial charge in [-0.1, -0.05) is 18.2 Å². The van der Waals surface area contributed by atoms with Crippen molar-refractivity contribution in [2.75, 3.05) is 4.90 Å². The maximum absolute atomic E-state index is 13.8. The lowest BCUT2D eigenvalue weighted by atomic mass is 10.1. The minimum Gasteiger partial charge on any atom is -0.489 e. The van der Waals surface area contributed by atoms with Crippen LogP contribution in [0.1, 0.15) is 19.8 Å². The topological polar surface area (TPSA) is 12.5 Å². The molecule has 1 unspecified atom stereocenters. The molecule has 0 radical (unpaired) electrons. The normalized spacial score (nSPS) is 22.9. The standard InChI is InChI=1S/C15H16FNO/c1-11-6-7-13(18-12-8-9-12)10-17(11)15-5-3-2-4-14(15)16/h2-7,10-12H,8-9H2,1H3. The summed E-state index contributed by atoms with van der Waals surface area (Å²) in [5.74, 6) is 0.612. The van der Waals surface area contributed by atoms with Crippen molar-refractivity contribution in [3.05, 3.63) is 54.2 Å². The molecule has 18 heavy (non-hydrogen) atoms. The van der Waals surface area contributed by atoms with Crippen LogP contribution < -0.4 is 4.90 Å². The van der Waals surface area contributed by atoms with E-state index in [4.69, 9.17) is 4.74 Å². The second kappa shape index (κ2) is 4.48. The fraction of sp³-hybridized carbons (Fsp3) is 0.333. The molecule has 0 N–H and O–H groups in total. The Morgan fingerprint density at radius 3 is 2.78 bits per heavy atom. The van der Waals surface area contributed by atoms with Crippen LogP contribution in [0.4, 0.5) is 10.1 Å². The molecule has 3 heteroatoms. The lowest BCUT2D eigenvalue weighted by molar-refractivity contribution is 0.206. The Morgan fingerprint density at radius 2 is 2.06 bits per heavy atom. The third kappa shape index (κ3) is 2.26. The van der Waals surface area contributed by atoms with Crippen LogP contribution in [-0.2, 0) is 4.74 Å². The van der Waals surface area contributed by atoms with Crippen molar-refractivity contribution in [1.29, 1.82) is 0 Å². The molecular formula is C15H16FNO. The van der Waals surface area contributed by atoms with Crippen LogP contribution in [0.2, 0.25) is 0 Å². The average molecular weight is 245 g/mol. The second-order valence-electron chi connectivity index (χ2n) is 4.81. The van der Waals surface area contributed by atoms with Crippen LogP contribution in [0, 0.1) is 5.82 Å². The van der Waals surface area contributed by atoms with Crippen LogP contribution in [-0.4, -0.2) is 12.1 Å². The highest BCUT2D eigenvalue weighted by Gasteiger charge is 2.26. The van der Waals surface area contributed by atoms with Gasteiger partial charge in [0.1, 0.15) is 11.6 Å². The number of hydrogen-bond acceptors (Lipinski definition) is 2. The Morgan fingerprint density at radius 1 is 1.28 bits per heavy atom. The highest BCUT2D eigenvalue weighted by atomic mass is 19.1. The summed E-state index contributed by atoms with van der Waals surface area (Å²) in [7, 11) is 0. The smallest absolute Gasteiger partial charge is 0.146 e. The SMILES string of the molecule is CC1C=CC(OC2CC2)=CN1c1ccccc1F. The van der Waals surface area contributed by atoms with Crippen LogP contribution in [0.25, 0.3) is 0 Å². The molecule has 1 heterocycles. The summed E-state index contributed by atoms with van der Waals surface area (Å²) in [4.78, 5) is 1.91. The van der Waals surface area contributed by atoms with Crippen LogP contribution in [0.5, 0.6) is 0 Å². The van der Waals surface area contributed by atoms with E-state index in [9.17, 15) is 4.39 Å². The van der Waals surface area contributed by atoms with Gasteiger partial charge in [0.15, 0.2) is 0 Å². The number of rotatable bonds is 3. The summed E-state index contributed by atoms with van der Waals surface area (Å²) in [6.45, 7) is 2.04. The Hall–Kier alpha value is -1.77. The second-order valence-corrected chi connectivity index (χ2v) is 4.81. The summed E-state index contributed by atoms with van der Waals surface area (Å²) in [5.41, 5.74) is 0.589. The lowest BCUT2D eigenvalue weighted by Crippen LogP contribution is -2.29. The van der Waals surface area contributed by atoms with Crippen LogP contribution >= 0.6 is 0 Å². The van der Waals surface area contributed by atoms with Crippen molar-refractivity contribution in [2.24, 2.45) is 0 Å². The third-order valence-corrected chi connectivity index (χ3v) is 3.20. The molecule has 0 spiro atoms. The van der Waals surface area contributed by atoms with Gasteiger partial charge in [0, 0.05) is 12.2 Å². The molecule has 1 aliphatic heterocycles. The Bertz CT molecular complexity index is 505.